The van der Waals surface area contributed by atoms with Crippen LogP contribution < -0.4 is 5.32 Å². The molecule has 0 aromatic carbocycles. The Hall–Kier alpha value is -1.75. The molecule has 0 bridgehead atoms. The maximum atomic E-state index is 11.6. The maximum absolute atomic E-state index is 11.6. The van der Waals surface area contributed by atoms with Gasteiger partial charge in [0.2, 0.25) is 5.91 Å². The van der Waals surface area contributed by atoms with Crippen molar-refractivity contribution in [1.29, 1.82) is 0 Å². The minimum absolute atomic E-state index is 0.0178. The van der Waals surface area contributed by atoms with Gasteiger partial charge in [-0.3, -0.25) is 9.78 Å². The number of hydrogen-bond donors (Lipinski definition) is 1. The molecule has 0 saturated heterocycles. The van der Waals surface area contributed by atoms with Gasteiger partial charge in [-0.25, -0.2) is 4.98 Å². The lowest BCUT2D eigenvalue weighted by Gasteiger charge is -2.03. The number of thiazole rings is 1. The molecule has 108 valence electrons. The third-order valence-corrected chi connectivity index (χ3v) is 3.29. The van der Waals surface area contributed by atoms with E-state index < -0.39 is 0 Å². The molecule has 4 nitrogen and oxygen atoms in total. The molecule has 0 aliphatic heterocycles. The average Bonchev–Trinajstić information content (AvgIpc) is 2.87. The van der Waals surface area contributed by atoms with Gasteiger partial charge in [0.05, 0.1) is 17.1 Å². The highest BCUT2D eigenvalue weighted by atomic mass is 32.1. The summed E-state index contributed by atoms with van der Waals surface area (Å²) in [6.07, 6.45) is 4.72. The lowest BCUT2D eigenvalue weighted by Crippen LogP contribution is -2.27. The van der Waals surface area contributed by atoms with E-state index in [9.17, 15) is 4.79 Å². The van der Waals surface area contributed by atoms with Crippen LogP contribution in [0.2, 0.25) is 0 Å². The summed E-state index contributed by atoms with van der Waals surface area (Å²) in [5.74, 6) is 0.0178. The third-order valence-electron chi connectivity index (χ3n) is 2.47. The predicted octanol–water partition coefficient (Wildman–Crippen LogP) is 2.77. The first-order chi connectivity index (χ1) is 9.74. The summed E-state index contributed by atoms with van der Waals surface area (Å²) in [6.45, 7) is 6.57. The van der Waals surface area contributed by atoms with Crippen LogP contribution in [0.1, 0.15) is 30.1 Å². The summed E-state index contributed by atoms with van der Waals surface area (Å²) in [5.41, 5.74) is 1.97. The molecule has 2 aromatic heterocycles. The molecule has 0 atom stereocenters. The molecule has 2 rings (SSSR count). The first kappa shape index (κ1) is 16.3. The van der Waals surface area contributed by atoms with E-state index in [1.807, 2.05) is 44.5 Å². The van der Waals surface area contributed by atoms with E-state index in [2.05, 4.69) is 15.3 Å². The number of nitrogens with zero attached hydrogens (tertiary/aromatic N) is 2. The fraction of sp³-hybridized carbons (Fsp3) is 0.400. The number of amides is 1. The van der Waals surface area contributed by atoms with E-state index >= 15 is 0 Å². The molecule has 0 spiro atoms. The molecule has 2 heterocycles. The van der Waals surface area contributed by atoms with Crippen LogP contribution in [-0.2, 0) is 17.6 Å². The summed E-state index contributed by atoms with van der Waals surface area (Å²) in [4.78, 5) is 19.9. The molecule has 0 fully saturated rings. The minimum Gasteiger partial charge on any atom is -0.355 e. The molecule has 0 saturated carbocycles. The lowest BCUT2D eigenvalue weighted by atomic mass is 10.2. The molecular weight excluding hydrogens is 270 g/mol. The highest BCUT2D eigenvalue weighted by molar-refractivity contribution is 7.09. The van der Waals surface area contributed by atoms with Gasteiger partial charge in [0.25, 0.3) is 0 Å². The van der Waals surface area contributed by atoms with Gasteiger partial charge in [0, 0.05) is 24.3 Å². The first-order valence-corrected chi connectivity index (χ1v) is 7.68. The van der Waals surface area contributed by atoms with Crippen LogP contribution in [0, 0.1) is 6.92 Å². The number of aromatic nitrogens is 2. The standard InChI is InChI=1S/C13H15N3OS.C2H6/c1-10-16-12(9-18-10)7-13(17)15-6-4-11-3-2-5-14-8-11;1-2/h2-3,5,8-9H,4,6-7H2,1H3,(H,15,17);1-2H3. The minimum atomic E-state index is 0.0178. The zero-order chi connectivity index (χ0) is 14.8. The van der Waals surface area contributed by atoms with Gasteiger partial charge < -0.3 is 5.32 Å². The van der Waals surface area contributed by atoms with Crippen LogP contribution in [0.5, 0.6) is 0 Å². The average molecular weight is 291 g/mol. The van der Waals surface area contributed by atoms with Gasteiger partial charge in [-0.2, -0.15) is 0 Å². The van der Waals surface area contributed by atoms with Crippen molar-refractivity contribution in [2.45, 2.75) is 33.6 Å². The van der Waals surface area contributed by atoms with E-state index in [4.69, 9.17) is 0 Å². The lowest BCUT2D eigenvalue weighted by molar-refractivity contribution is -0.120. The number of rotatable bonds is 5. The Labute approximate surface area is 124 Å². The quantitative estimate of drug-likeness (QED) is 0.921. The van der Waals surface area contributed by atoms with Crippen LogP contribution in [0.3, 0.4) is 0 Å². The summed E-state index contributed by atoms with van der Waals surface area (Å²) < 4.78 is 0. The number of carbonyl (C=O) groups is 1. The van der Waals surface area contributed by atoms with Crippen LogP contribution in [0.25, 0.3) is 0 Å². The van der Waals surface area contributed by atoms with Crippen molar-refractivity contribution in [3.63, 3.8) is 0 Å². The Morgan fingerprint density at radius 1 is 1.40 bits per heavy atom. The number of pyridine rings is 1. The number of hydrogen-bond acceptors (Lipinski definition) is 4. The van der Waals surface area contributed by atoms with Gasteiger partial charge in [-0.1, -0.05) is 19.9 Å². The van der Waals surface area contributed by atoms with Crippen molar-refractivity contribution in [2.24, 2.45) is 0 Å². The van der Waals surface area contributed by atoms with Crippen molar-refractivity contribution in [3.8, 4) is 0 Å². The van der Waals surface area contributed by atoms with Gasteiger partial charge in [0.1, 0.15) is 0 Å². The normalized spacial score (nSPS) is 9.55. The fourth-order valence-electron chi connectivity index (χ4n) is 1.61. The molecular formula is C15H21N3OS. The predicted molar refractivity (Wildman–Crippen MR) is 82.9 cm³/mol. The third kappa shape index (κ3) is 5.93. The van der Waals surface area contributed by atoms with Crippen molar-refractivity contribution in [1.82, 2.24) is 15.3 Å². The van der Waals surface area contributed by atoms with Crippen LogP contribution in [0.4, 0.5) is 0 Å². The van der Waals surface area contributed by atoms with Gasteiger partial charge in [0.15, 0.2) is 0 Å². The second-order valence-corrected chi connectivity index (χ2v) is 5.06. The van der Waals surface area contributed by atoms with Gasteiger partial charge >= 0.3 is 0 Å². The largest absolute Gasteiger partial charge is 0.355 e. The Morgan fingerprint density at radius 2 is 2.20 bits per heavy atom. The van der Waals surface area contributed by atoms with Crippen LogP contribution in [-0.4, -0.2) is 22.4 Å². The smallest absolute Gasteiger partial charge is 0.226 e. The van der Waals surface area contributed by atoms with Gasteiger partial charge in [-0.05, 0) is 25.0 Å². The van der Waals surface area contributed by atoms with Crippen molar-refractivity contribution in [3.05, 3.63) is 46.2 Å². The molecule has 1 amide bonds. The van der Waals surface area contributed by atoms with Gasteiger partial charge in [-0.15, -0.1) is 11.3 Å². The Bertz CT molecular complexity index is 511. The second-order valence-electron chi connectivity index (χ2n) is 4.00. The van der Waals surface area contributed by atoms with Crippen molar-refractivity contribution < 1.29 is 4.79 Å². The van der Waals surface area contributed by atoms with Crippen molar-refractivity contribution >= 4 is 17.2 Å². The van der Waals surface area contributed by atoms with E-state index in [1.54, 1.807) is 17.5 Å². The maximum Gasteiger partial charge on any atom is 0.226 e. The van der Waals surface area contributed by atoms with Crippen molar-refractivity contribution in [2.75, 3.05) is 6.54 Å². The first-order valence-electron chi connectivity index (χ1n) is 6.80. The van der Waals surface area contributed by atoms with E-state index in [0.717, 1.165) is 22.7 Å². The Balaban J connectivity index is 0.000000956. The molecule has 20 heavy (non-hydrogen) atoms. The monoisotopic (exact) mass is 291 g/mol. The zero-order valence-corrected chi connectivity index (χ0v) is 13.0. The molecule has 0 aliphatic carbocycles. The topological polar surface area (TPSA) is 54.9 Å². The molecule has 0 unspecified atom stereocenters. The highest BCUT2D eigenvalue weighted by Gasteiger charge is 2.05. The molecule has 0 radical (unpaired) electrons. The summed E-state index contributed by atoms with van der Waals surface area (Å²) in [7, 11) is 0. The highest BCUT2D eigenvalue weighted by Crippen LogP contribution is 2.08. The SMILES string of the molecule is CC.Cc1nc(CC(=O)NCCc2cccnc2)cs1. The summed E-state index contributed by atoms with van der Waals surface area (Å²) >= 11 is 1.57. The van der Waals surface area contributed by atoms with E-state index in [0.29, 0.717) is 13.0 Å². The fourth-order valence-corrected chi connectivity index (χ4v) is 2.22. The molecule has 2 aromatic rings. The molecule has 5 heteroatoms. The molecule has 1 N–H and O–H groups in total. The number of carbonyl (C=O) groups excluding carboxylic acids is 1. The Morgan fingerprint density at radius 3 is 2.80 bits per heavy atom. The molecule has 0 aliphatic rings. The zero-order valence-electron chi connectivity index (χ0n) is 12.2. The van der Waals surface area contributed by atoms with E-state index in [1.165, 1.54) is 0 Å². The second kappa shape index (κ2) is 9.20. The Kier molecular flexibility index (Phi) is 7.50. The summed E-state index contributed by atoms with van der Waals surface area (Å²) in [6, 6.07) is 3.90. The van der Waals surface area contributed by atoms with Crippen LogP contribution >= 0.6 is 11.3 Å². The van der Waals surface area contributed by atoms with Crippen LogP contribution in [0.15, 0.2) is 29.9 Å². The number of aryl methyl sites for hydroxylation is 1. The summed E-state index contributed by atoms with van der Waals surface area (Å²) in [5, 5.41) is 5.81. The van der Waals surface area contributed by atoms with E-state index in [-0.39, 0.29) is 5.91 Å². The number of nitrogens with one attached hydrogen (secondary N) is 1.